The Kier molecular flexibility index (Phi) is 4.27. The highest BCUT2D eigenvalue weighted by Crippen LogP contribution is 2.16. The Morgan fingerprint density at radius 1 is 1.56 bits per heavy atom. The minimum absolute atomic E-state index is 0.118. The van der Waals surface area contributed by atoms with Gasteiger partial charge < -0.3 is 5.11 Å². The van der Waals surface area contributed by atoms with Crippen molar-refractivity contribution in [2.75, 3.05) is 6.61 Å². The summed E-state index contributed by atoms with van der Waals surface area (Å²) >= 11 is 7.40. The summed E-state index contributed by atoms with van der Waals surface area (Å²) in [7, 11) is 0. The number of halogens is 1. The molecule has 0 aliphatic carbocycles. The lowest BCUT2D eigenvalue weighted by molar-refractivity contribution is 0.300. The number of thioether (sulfide) groups is 1. The molecule has 0 aliphatic heterocycles. The first kappa shape index (κ1) is 13.4. The van der Waals surface area contributed by atoms with Crippen LogP contribution in [0.2, 0.25) is 5.02 Å². The van der Waals surface area contributed by atoms with E-state index in [4.69, 9.17) is 16.7 Å². The molecule has 1 unspecified atom stereocenters. The van der Waals surface area contributed by atoms with E-state index in [9.17, 15) is 4.79 Å². The maximum atomic E-state index is 11.9. The Morgan fingerprint density at radius 3 is 3.06 bits per heavy atom. The van der Waals surface area contributed by atoms with Crippen LogP contribution in [0.4, 0.5) is 0 Å². The molecule has 0 aliphatic rings. The normalized spacial score (nSPS) is 12.8. The predicted octanol–water partition coefficient (Wildman–Crippen LogP) is 1.96. The Labute approximate surface area is 114 Å². The van der Waals surface area contributed by atoms with Crippen LogP contribution in [0.1, 0.15) is 12.6 Å². The Hall–Kier alpha value is -1.04. The van der Waals surface area contributed by atoms with Gasteiger partial charge in [0.15, 0.2) is 0 Å². The Bertz CT molecular complexity index is 615. The molecule has 0 radical (unpaired) electrons. The van der Waals surface area contributed by atoms with Crippen LogP contribution in [-0.2, 0) is 5.75 Å². The number of hydrogen-bond acceptors (Lipinski definition) is 4. The second kappa shape index (κ2) is 5.73. The van der Waals surface area contributed by atoms with E-state index in [-0.39, 0.29) is 17.4 Å². The number of aliphatic hydroxyl groups is 1. The van der Waals surface area contributed by atoms with Crippen LogP contribution in [0, 0.1) is 0 Å². The molecule has 4 nitrogen and oxygen atoms in total. The molecule has 2 aromatic heterocycles. The van der Waals surface area contributed by atoms with Gasteiger partial charge in [-0.15, -0.1) is 0 Å². The molecule has 0 bridgehead atoms. The topological polar surface area (TPSA) is 54.6 Å². The van der Waals surface area contributed by atoms with Crippen molar-refractivity contribution in [3.8, 4) is 0 Å². The van der Waals surface area contributed by atoms with Crippen LogP contribution in [0.3, 0.4) is 0 Å². The fourth-order valence-electron chi connectivity index (χ4n) is 1.48. The number of pyridine rings is 1. The minimum Gasteiger partial charge on any atom is -0.395 e. The van der Waals surface area contributed by atoms with E-state index in [0.29, 0.717) is 22.1 Å². The van der Waals surface area contributed by atoms with Crippen molar-refractivity contribution in [3.05, 3.63) is 45.5 Å². The van der Waals surface area contributed by atoms with Crippen molar-refractivity contribution < 1.29 is 5.11 Å². The molecule has 0 saturated heterocycles. The van der Waals surface area contributed by atoms with Crippen LogP contribution in [0.25, 0.3) is 5.65 Å². The second-order valence-corrected chi connectivity index (χ2v) is 5.83. The number of hydrogen-bond donors (Lipinski definition) is 1. The maximum absolute atomic E-state index is 11.9. The first-order valence-electron chi connectivity index (χ1n) is 5.50. The zero-order valence-electron chi connectivity index (χ0n) is 9.84. The fraction of sp³-hybridized carbons (Fsp3) is 0.333. The van der Waals surface area contributed by atoms with E-state index in [0.717, 1.165) is 0 Å². The van der Waals surface area contributed by atoms with E-state index >= 15 is 0 Å². The lowest BCUT2D eigenvalue weighted by Gasteiger charge is -2.07. The van der Waals surface area contributed by atoms with Crippen LogP contribution in [-0.4, -0.2) is 26.3 Å². The summed E-state index contributed by atoms with van der Waals surface area (Å²) < 4.78 is 1.42. The van der Waals surface area contributed by atoms with Gasteiger partial charge in [0, 0.05) is 23.3 Å². The number of rotatable bonds is 4. The molecule has 96 valence electrons. The van der Waals surface area contributed by atoms with E-state index in [1.165, 1.54) is 10.5 Å². The van der Waals surface area contributed by atoms with Gasteiger partial charge in [-0.25, -0.2) is 4.98 Å². The summed E-state index contributed by atoms with van der Waals surface area (Å²) in [6.07, 6.45) is 1.56. The third kappa shape index (κ3) is 3.04. The summed E-state index contributed by atoms with van der Waals surface area (Å²) in [4.78, 5) is 16.3. The summed E-state index contributed by atoms with van der Waals surface area (Å²) in [6.45, 7) is 2.05. The van der Waals surface area contributed by atoms with Crippen molar-refractivity contribution in [2.45, 2.75) is 17.9 Å². The molecule has 1 N–H and O–H groups in total. The molecule has 0 saturated carbocycles. The SMILES string of the molecule is CC(CO)SCc1cc(=O)n2cc(Cl)ccc2n1. The summed E-state index contributed by atoms with van der Waals surface area (Å²) in [5.74, 6) is 0.607. The molecule has 2 aromatic rings. The zero-order valence-corrected chi connectivity index (χ0v) is 11.4. The highest BCUT2D eigenvalue weighted by molar-refractivity contribution is 7.99. The highest BCUT2D eigenvalue weighted by Gasteiger charge is 2.05. The third-order valence-electron chi connectivity index (χ3n) is 2.45. The van der Waals surface area contributed by atoms with Gasteiger partial charge in [0.1, 0.15) is 5.65 Å². The van der Waals surface area contributed by atoms with Crippen LogP contribution >= 0.6 is 23.4 Å². The van der Waals surface area contributed by atoms with Gasteiger partial charge in [-0.1, -0.05) is 18.5 Å². The fourth-order valence-corrected chi connectivity index (χ4v) is 2.35. The number of nitrogens with zero attached hydrogens (tertiary/aromatic N) is 2. The van der Waals surface area contributed by atoms with Crippen molar-refractivity contribution >= 4 is 29.0 Å². The lowest BCUT2D eigenvalue weighted by atomic mass is 10.4. The Balaban J connectivity index is 2.32. The van der Waals surface area contributed by atoms with Crippen LogP contribution < -0.4 is 5.56 Å². The van der Waals surface area contributed by atoms with Gasteiger partial charge in [-0.05, 0) is 12.1 Å². The van der Waals surface area contributed by atoms with Gasteiger partial charge in [-0.2, -0.15) is 11.8 Å². The predicted molar refractivity (Wildman–Crippen MR) is 74.3 cm³/mol. The van der Waals surface area contributed by atoms with Crippen molar-refractivity contribution in [3.63, 3.8) is 0 Å². The van der Waals surface area contributed by atoms with Gasteiger partial charge in [0.05, 0.1) is 17.3 Å². The maximum Gasteiger partial charge on any atom is 0.258 e. The van der Waals surface area contributed by atoms with E-state index < -0.39 is 0 Å². The monoisotopic (exact) mass is 284 g/mol. The van der Waals surface area contributed by atoms with Gasteiger partial charge >= 0.3 is 0 Å². The van der Waals surface area contributed by atoms with Crippen molar-refractivity contribution in [1.82, 2.24) is 9.38 Å². The molecule has 1 atom stereocenters. The molecule has 0 spiro atoms. The van der Waals surface area contributed by atoms with E-state index in [1.807, 2.05) is 6.92 Å². The van der Waals surface area contributed by atoms with E-state index in [2.05, 4.69) is 4.98 Å². The molecular weight excluding hydrogens is 272 g/mol. The average Bonchev–Trinajstić information content (AvgIpc) is 2.37. The standard InChI is InChI=1S/C12H13ClN2O2S/c1-8(6-16)18-7-10-4-12(17)15-5-9(13)2-3-11(15)14-10/h2-5,8,16H,6-7H2,1H3. The first-order chi connectivity index (χ1) is 8.60. The third-order valence-corrected chi connectivity index (χ3v) is 3.85. The molecule has 0 amide bonds. The number of aliphatic hydroxyl groups excluding tert-OH is 1. The first-order valence-corrected chi connectivity index (χ1v) is 6.93. The Morgan fingerprint density at radius 2 is 2.33 bits per heavy atom. The molecule has 2 heterocycles. The molecular formula is C12H13ClN2O2S. The summed E-state index contributed by atoms with van der Waals surface area (Å²) in [6, 6.07) is 4.92. The number of aromatic nitrogens is 2. The number of fused-ring (bicyclic) bond motifs is 1. The zero-order chi connectivity index (χ0) is 13.1. The smallest absolute Gasteiger partial charge is 0.258 e. The van der Waals surface area contributed by atoms with Crippen LogP contribution in [0.15, 0.2) is 29.2 Å². The van der Waals surface area contributed by atoms with E-state index in [1.54, 1.807) is 30.1 Å². The molecule has 0 fully saturated rings. The quantitative estimate of drug-likeness (QED) is 0.932. The summed E-state index contributed by atoms with van der Waals surface area (Å²) in [5.41, 5.74) is 1.15. The second-order valence-electron chi connectivity index (χ2n) is 3.97. The molecule has 18 heavy (non-hydrogen) atoms. The lowest BCUT2D eigenvalue weighted by Crippen LogP contribution is -2.15. The van der Waals surface area contributed by atoms with Gasteiger partial charge in [-0.3, -0.25) is 9.20 Å². The van der Waals surface area contributed by atoms with Crippen LogP contribution in [0.5, 0.6) is 0 Å². The average molecular weight is 285 g/mol. The molecule has 6 heteroatoms. The summed E-state index contributed by atoms with van der Waals surface area (Å²) in [5, 5.41) is 9.58. The molecule has 0 aromatic carbocycles. The van der Waals surface area contributed by atoms with Gasteiger partial charge in [0.25, 0.3) is 5.56 Å². The van der Waals surface area contributed by atoms with Crippen molar-refractivity contribution in [1.29, 1.82) is 0 Å². The van der Waals surface area contributed by atoms with Gasteiger partial charge in [0.2, 0.25) is 0 Å². The highest BCUT2D eigenvalue weighted by atomic mass is 35.5. The minimum atomic E-state index is -0.144. The largest absolute Gasteiger partial charge is 0.395 e. The molecule has 2 rings (SSSR count). The van der Waals surface area contributed by atoms with Crippen molar-refractivity contribution in [2.24, 2.45) is 0 Å².